The number of aromatic amines is 1. The Bertz CT molecular complexity index is 162. The highest BCUT2D eigenvalue weighted by Gasteiger charge is 1.96. The summed E-state index contributed by atoms with van der Waals surface area (Å²) in [4.78, 5) is 6.89. The zero-order chi connectivity index (χ0) is 6.69. The number of nitrogens with one attached hydrogen (secondary N) is 1. The van der Waals surface area contributed by atoms with Gasteiger partial charge in [-0.2, -0.15) is 0 Å². The molecule has 11 heavy (non-hydrogen) atoms. The van der Waals surface area contributed by atoms with E-state index in [1.165, 1.54) is 0 Å². The summed E-state index contributed by atoms with van der Waals surface area (Å²) in [6, 6.07) is 0.202. The molecule has 0 aliphatic rings. The molecule has 66 valence electrons. The lowest BCUT2D eigenvalue weighted by Gasteiger charge is -1.98. The van der Waals surface area contributed by atoms with Crippen LogP contribution in [0.2, 0.25) is 0 Å². The summed E-state index contributed by atoms with van der Waals surface area (Å²) in [5.41, 5.74) is 6.56. The van der Waals surface area contributed by atoms with Crippen LogP contribution in [-0.4, -0.2) is 16.0 Å². The second-order valence-electron chi connectivity index (χ2n) is 2.24. The highest BCUT2D eigenvalue weighted by atomic mass is 79.9. The Labute approximate surface area is 87.3 Å². The second kappa shape index (κ2) is 6.82. The van der Waals surface area contributed by atoms with Crippen molar-refractivity contribution in [2.75, 3.05) is 0 Å². The van der Waals surface area contributed by atoms with Crippen LogP contribution in [-0.2, 0) is 6.42 Å². The van der Waals surface area contributed by atoms with Crippen LogP contribution in [0.1, 0.15) is 12.6 Å². The predicted molar refractivity (Wildman–Crippen MR) is 56.6 cm³/mol. The van der Waals surface area contributed by atoms with E-state index in [0.29, 0.717) is 0 Å². The van der Waals surface area contributed by atoms with Crippen LogP contribution in [0, 0.1) is 0 Å². The molecule has 0 bridgehead atoms. The summed E-state index contributed by atoms with van der Waals surface area (Å²) >= 11 is 0. The molecule has 0 fully saturated rings. The van der Waals surface area contributed by atoms with Crippen molar-refractivity contribution in [1.29, 1.82) is 0 Å². The van der Waals surface area contributed by atoms with Gasteiger partial charge in [0.2, 0.25) is 0 Å². The Morgan fingerprint density at radius 3 is 2.64 bits per heavy atom. The summed E-state index contributed by atoms with van der Waals surface area (Å²) in [6.45, 7) is 1.97. The molecule has 0 spiro atoms. The third-order valence-electron chi connectivity index (χ3n) is 1.09. The van der Waals surface area contributed by atoms with Gasteiger partial charge in [0, 0.05) is 18.7 Å². The average Bonchev–Trinajstić information content (AvgIpc) is 2.15. The van der Waals surface area contributed by atoms with Crippen molar-refractivity contribution in [3.63, 3.8) is 0 Å². The fourth-order valence-electron chi connectivity index (χ4n) is 0.732. The largest absolute Gasteiger partial charge is 0.351 e. The van der Waals surface area contributed by atoms with Gasteiger partial charge >= 0.3 is 0 Å². The molecule has 0 radical (unpaired) electrons. The number of nitrogens with two attached hydrogens (primary N) is 1. The van der Waals surface area contributed by atoms with Crippen molar-refractivity contribution >= 4 is 34.0 Å². The maximum atomic E-state index is 5.53. The van der Waals surface area contributed by atoms with E-state index in [1.807, 2.05) is 13.1 Å². The SMILES string of the molecule is Br.Br.C[C@@H](N)Cc1c[nH]cn1. The van der Waals surface area contributed by atoms with Crippen molar-refractivity contribution in [2.45, 2.75) is 19.4 Å². The molecule has 0 saturated carbocycles. The quantitative estimate of drug-likeness (QED) is 0.865. The first-order valence-corrected chi connectivity index (χ1v) is 3.02. The molecule has 0 aliphatic heterocycles. The van der Waals surface area contributed by atoms with E-state index >= 15 is 0 Å². The normalized spacial score (nSPS) is 11.1. The summed E-state index contributed by atoms with van der Waals surface area (Å²) in [5, 5.41) is 0. The zero-order valence-corrected chi connectivity index (χ0v) is 9.71. The molecule has 0 aromatic carbocycles. The van der Waals surface area contributed by atoms with Crippen LogP contribution in [0.15, 0.2) is 12.5 Å². The standard InChI is InChI=1S/C6H11N3.2BrH/c1-5(7)2-6-3-8-4-9-6;;/h3-5H,2,7H2,1H3,(H,8,9);2*1H/t5-;;/m1../s1. The van der Waals surface area contributed by atoms with Gasteiger partial charge in [-0.15, -0.1) is 34.0 Å². The van der Waals surface area contributed by atoms with Gasteiger partial charge in [0.1, 0.15) is 0 Å². The lowest BCUT2D eigenvalue weighted by atomic mass is 10.2. The molecule has 5 heteroatoms. The van der Waals surface area contributed by atoms with Gasteiger partial charge in [0.05, 0.1) is 12.0 Å². The van der Waals surface area contributed by atoms with Gasteiger partial charge < -0.3 is 10.7 Å². The Morgan fingerprint density at radius 1 is 1.64 bits per heavy atom. The second-order valence-corrected chi connectivity index (χ2v) is 2.24. The monoisotopic (exact) mass is 285 g/mol. The number of H-pyrrole nitrogens is 1. The minimum atomic E-state index is 0. The lowest BCUT2D eigenvalue weighted by molar-refractivity contribution is 0.725. The Hall–Kier alpha value is 0.130. The van der Waals surface area contributed by atoms with Gasteiger partial charge in [-0.3, -0.25) is 0 Å². The van der Waals surface area contributed by atoms with E-state index in [2.05, 4.69) is 9.97 Å². The van der Waals surface area contributed by atoms with Crippen LogP contribution in [0.3, 0.4) is 0 Å². The van der Waals surface area contributed by atoms with E-state index in [9.17, 15) is 0 Å². The van der Waals surface area contributed by atoms with Crippen LogP contribution in [0.5, 0.6) is 0 Å². The van der Waals surface area contributed by atoms with Crippen molar-refractivity contribution in [2.24, 2.45) is 5.73 Å². The Morgan fingerprint density at radius 2 is 2.27 bits per heavy atom. The molecule has 1 aromatic heterocycles. The summed E-state index contributed by atoms with van der Waals surface area (Å²) in [7, 11) is 0. The van der Waals surface area contributed by atoms with Crippen LogP contribution in [0.25, 0.3) is 0 Å². The molecule has 3 nitrogen and oxygen atoms in total. The zero-order valence-electron chi connectivity index (χ0n) is 6.28. The van der Waals surface area contributed by atoms with Gasteiger partial charge in [-0.05, 0) is 6.92 Å². The molecule has 1 heterocycles. The topological polar surface area (TPSA) is 54.7 Å². The maximum Gasteiger partial charge on any atom is 0.0923 e. The molecule has 1 aromatic rings. The Balaban J connectivity index is 0. The molecular formula is C6H13Br2N3. The van der Waals surface area contributed by atoms with E-state index < -0.39 is 0 Å². The fraction of sp³-hybridized carbons (Fsp3) is 0.500. The number of imidazole rings is 1. The van der Waals surface area contributed by atoms with E-state index in [-0.39, 0.29) is 40.0 Å². The van der Waals surface area contributed by atoms with Crippen molar-refractivity contribution in [1.82, 2.24) is 9.97 Å². The Kier molecular flexibility index (Phi) is 8.49. The van der Waals surface area contributed by atoms with E-state index in [0.717, 1.165) is 12.1 Å². The third-order valence-corrected chi connectivity index (χ3v) is 1.09. The maximum absolute atomic E-state index is 5.53. The first kappa shape index (κ1) is 13.7. The first-order chi connectivity index (χ1) is 4.29. The van der Waals surface area contributed by atoms with E-state index in [4.69, 9.17) is 5.73 Å². The van der Waals surface area contributed by atoms with Gasteiger partial charge in [0.25, 0.3) is 0 Å². The highest BCUT2D eigenvalue weighted by molar-refractivity contribution is 8.93. The van der Waals surface area contributed by atoms with Crippen molar-refractivity contribution in [3.8, 4) is 0 Å². The van der Waals surface area contributed by atoms with Crippen molar-refractivity contribution in [3.05, 3.63) is 18.2 Å². The number of hydrogen-bond donors (Lipinski definition) is 2. The smallest absolute Gasteiger partial charge is 0.0923 e. The molecule has 0 aliphatic carbocycles. The minimum Gasteiger partial charge on any atom is -0.351 e. The number of rotatable bonds is 2. The summed E-state index contributed by atoms with van der Waals surface area (Å²) in [6.07, 6.45) is 4.38. The van der Waals surface area contributed by atoms with Crippen LogP contribution < -0.4 is 5.73 Å². The van der Waals surface area contributed by atoms with Gasteiger partial charge in [-0.1, -0.05) is 0 Å². The highest BCUT2D eigenvalue weighted by Crippen LogP contribution is 1.93. The lowest BCUT2D eigenvalue weighted by Crippen LogP contribution is -2.17. The minimum absolute atomic E-state index is 0. The molecular weight excluding hydrogens is 274 g/mol. The number of aromatic nitrogens is 2. The molecule has 0 saturated heterocycles. The molecule has 0 unspecified atom stereocenters. The fourth-order valence-corrected chi connectivity index (χ4v) is 0.732. The molecule has 0 amide bonds. The summed E-state index contributed by atoms with van der Waals surface area (Å²) in [5.74, 6) is 0. The number of hydrogen-bond acceptors (Lipinski definition) is 2. The summed E-state index contributed by atoms with van der Waals surface area (Å²) < 4.78 is 0. The van der Waals surface area contributed by atoms with Crippen LogP contribution >= 0.6 is 34.0 Å². The number of halogens is 2. The molecule has 1 atom stereocenters. The molecule has 3 N–H and O–H groups in total. The van der Waals surface area contributed by atoms with Gasteiger partial charge in [0.15, 0.2) is 0 Å². The first-order valence-electron chi connectivity index (χ1n) is 3.02. The van der Waals surface area contributed by atoms with E-state index in [1.54, 1.807) is 6.33 Å². The molecule has 1 rings (SSSR count). The van der Waals surface area contributed by atoms with Gasteiger partial charge in [-0.25, -0.2) is 4.98 Å². The van der Waals surface area contributed by atoms with Crippen LogP contribution in [0.4, 0.5) is 0 Å². The third kappa shape index (κ3) is 5.41. The predicted octanol–water partition coefficient (Wildman–Crippen LogP) is 1.46. The number of nitrogens with zero attached hydrogens (tertiary/aromatic N) is 1. The van der Waals surface area contributed by atoms with Crippen molar-refractivity contribution < 1.29 is 0 Å². The average molecular weight is 287 g/mol.